The highest BCUT2D eigenvalue weighted by Crippen LogP contribution is 2.44. The molecule has 0 bridgehead atoms. The predicted octanol–water partition coefficient (Wildman–Crippen LogP) is 4.41. The van der Waals surface area contributed by atoms with Crippen LogP contribution in [0.4, 0.5) is 4.79 Å². The van der Waals surface area contributed by atoms with Crippen molar-refractivity contribution in [2.75, 3.05) is 19.7 Å². The number of likely N-dealkylation sites (tertiary alicyclic amines) is 1. The van der Waals surface area contributed by atoms with E-state index in [9.17, 15) is 14.4 Å². The number of rotatable bonds is 9. The summed E-state index contributed by atoms with van der Waals surface area (Å²) in [5, 5.41) is 11.9. The van der Waals surface area contributed by atoms with E-state index in [4.69, 9.17) is 9.84 Å². The van der Waals surface area contributed by atoms with Crippen molar-refractivity contribution < 1.29 is 24.2 Å². The smallest absolute Gasteiger partial charge is 0.407 e. The average Bonchev–Trinajstić information content (AvgIpc) is 3.42. The minimum absolute atomic E-state index is 0.0207. The topological polar surface area (TPSA) is 95.9 Å². The van der Waals surface area contributed by atoms with Gasteiger partial charge in [-0.05, 0) is 41.5 Å². The van der Waals surface area contributed by atoms with Gasteiger partial charge in [0, 0.05) is 25.0 Å². The molecule has 4 rings (SSSR count). The van der Waals surface area contributed by atoms with Crippen molar-refractivity contribution in [3.05, 3.63) is 59.7 Å². The Bertz CT molecular complexity index is 1010. The van der Waals surface area contributed by atoms with Gasteiger partial charge in [-0.25, -0.2) is 4.79 Å². The quantitative estimate of drug-likeness (QED) is 0.573. The number of ether oxygens (including phenoxy) is 1. The molecule has 1 unspecified atom stereocenters. The molecule has 7 heteroatoms. The van der Waals surface area contributed by atoms with Crippen LogP contribution >= 0.6 is 0 Å². The Hall–Kier alpha value is -3.35. The van der Waals surface area contributed by atoms with E-state index in [0.29, 0.717) is 19.4 Å². The van der Waals surface area contributed by atoms with Crippen molar-refractivity contribution in [1.82, 2.24) is 10.2 Å². The lowest BCUT2D eigenvalue weighted by molar-refractivity contribution is -0.141. The van der Waals surface area contributed by atoms with Crippen molar-refractivity contribution in [2.24, 2.45) is 5.92 Å². The Kier molecular flexibility index (Phi) is 7.50. The van der Waals surface area contributed by atoms with Crippen LogP contribution in [0.15, 0.2) is 48.5 Å². The molecule has 2 aromatic rings. The number of fused-ring (bicyclic) bond motifs is 3. The largest absolute Gasteiger partial charge is 0.481 e. The molecule has 0 saturated carbocycles. The fourth-order valence-electron chi connectivity index (χ4n) is 5.29. The number of carboxylic acid groups (broad SMARTS) is 1. The zero-order valence-corrected chi connectivity index (χ0v) is 19.5. The third-order valence-electron chi connectivity index (χ3n) is 6.89. The SMILES string of the molecule is CCCC(CNC(=O)OCC1c2ccccc2-c2ccccc21)C(=O)N1CCC[C@H]1CC(=O)O. The van der Waals surface area contributed by atoms with E-state index in [0.717, 1.165) is 24.0 Å². The number of carboxylic acids is 1. The molecule has 0 spiro atoms. The summed E-state index contributed by atoms with van der Waals surface area (Å²) >= 11 is 0. The van der Waals surface area contributed by atoms with Gasteiger partial charge in [0.1, 0.15) is 6.61 Å². The summed E-state index contributed by atoms with van der Waals surface area (Å²) in [7, 11) is 0. The number of nitrogens with zero attached hydrogens (tertiary/aromatic N) is 1. The summed E-state index contributed by atoms with van der Waals surface area (Å²) < 4.78 is 5.59. The summed E-state index contributed by atoms with van der Waals surface area (Å²) in [4.78, 5) is 38.5. The fraction of sp³-hybridized carbons (Fsp3) is 0.444. The van der Waals surface area contributed by atoms with E-state index >= 15 is 0 Å². The van der Waals surface area contributed by atoms with Gasteiger partial charge in [0.15, 0.2) is 0 Å². The molecule has 1 aliphatic heterocycles. The standard InChI is InChI=1S/C27H32N2O5/c1-2-8-18(26(32)29-14-7-9-19(29)15-25(30)31)16-28-27(33)34-17-24-22-12-5-3-10-20(22)21-11-4-6-13-23(21)24/h3-6,10-13,18-19,24H,2,7-9,14-17H2,1H3,(H,28,33)(H,30,31)/t18?,19-/m0/s1. The number of amides is 2. The lowest BCUT2D eigenvalue weighted by Crippen LogP contribution is -2.44. The van der Waals surface area contributed by atoms with Crippen LogP contribution < -0.4 is 5.32 Å². The molecule has 2 atom stereocenters. The fourth-order valence-corrected chi connectivity index (χ4v) is 5.29. The van der Waals surface area contributed by atoms with E-state index in [1.54, 1.807) is 4.90 Å². The molecular weight excluding hydrogens is 432 g/mol. The van der Waals surface area contributed by atoms with Crippen LogP contribution in [0.1, 0.15) is 56.1 Å². The van der Waals surface area contributed by atoms with E-state index in [2.05, 4.69) is 29.6 Å². The molecule has 1 heterocycles. The molecule has 7 nitrogen and oxygen atoms in total. The predicted molar refractivity (Wildman–Crippen MR) is 128 cm³/mol. The third kappa shape index (κ3) is 5.08. The van der Waals surface area contributed by atoms with E-state index < -0.39 is 12.1 Å². The Labute approximate surface area is 200 Å². The number of aliphatic carboxylic acids is 1. The third-order valence-corrected chi connectivity index (χ3v) is 6.89. The minimum Gasteiger partial charge on any atom is -0.481 e. The van der Waals surface area contributed by atoms with Gasteiger partial charge in [0.2, 0.25) is 5.91 Å². The summed E-state index contributed by atoms with van der Waals surface area (Å²) in [5.41, 5.74) is 4.63. The highest BCUT2D eigenvalue weighted by molar-refractivity contribution is 5.81. The lowest BCUT2D eigenvalue weighted by atomic mass is 9.98. The first-order valence-corrected chi connectivity index (χ1v) is 12.1. The van der Waals surface area contributed by atoms with Crippen molar-refractivity contribution in [1.29, 1.82) is 0 Å². The minimum atomic E-state index is -0.895. The second kappa shape index (κ2) is 10.7. The van der Waals surface area contributed by atoms with Crippen LogP contribution in [-0.2, 0) is 14.3 Å². The molecule has 2 N–H and O–H groups in total. The maximum atomic E-state index is 13.1. The number of alkyl carbamates (subject to hydrolysis) is 1. The second-order valence-electron chi connectivity index (χ2n) is 9.12. The van der Waals surface area contributed by atoms with Crippen LogP contribution in [0.2, 0.25) is 0 Å². The van der Waals surface area contributed by atoms with Gasteiger partial charge in [-0.15, -0.1) is 0 Å². The summed E-state index contributed by atoms with van der Waals surface area (Å²) in [5.74, 6) is -1.38. The molecular formula is C27H32N2O5. The summed E-state index contributed by atoms with van der Waals surface area (Å²) in [6, 6.07) is 16.1. The zero-order valence-electron chi connectivity index (χ0n) is 19.5. The molecule has 34 heavy (non-hydrogen) atoms. The first-order valence-electron chi connectivity index (χ1n) is 12.1. The highest BCUT2D eigenvalue weighted by atomic mass is 16.5. The Balaban J connectivity index is 1.34. The summed E-state index contributed by atoms with van der Waals surface area (Å²) in [6.45, 7) is 2.97. The number of carbonyl (C=O) groups is 3. The number of carbonyl (C=O) groups excluding carboxylic acids is 2. The Morgan fingerprint density at radius 1 is 1.09 bits per heavy atom. The maximum absolute atomic E-state index is 13.1. The first kappa shape index (κ1) is 23.8. The zero-order chi connectivity index (χ0) is 24.1. The van der Waals surface area contributed by atoms with Crippen molar-refractivity contribution in [3.8, 4) is 11.1 Å². The first-order chi connectivity index (χ1) is 16.5. The van der Waals surface area contributed by atoms with Gasteiger partial charge in [0.25, 0.3) is 0 Å². The van der Waals surface area contributed by atoms with Crippen LogP contribution in [0.5, 0.6) is 0 Å². The molecule has 0 radical (unpaired) electrons. The van der Waals surface area contributed by atoms with Crippen LogP contribution in [0.25, 0.3) is 11.1 Å². The number of hydrogen-bond acceptors (Lipinski definition) is 4. The van der Waals surface area contributed by atoms with Crippen LogP contribution in [-0.4, -0.2) is 53.7 Å². The Morgan fingerprint density at radius 2 is 1.74 bits per heavy atom. The Morgan fingerprint density at radius 3 is 2.35 bits per heavy atom. The number of hydrogen-bond donors (Lipinski definition) is 2. The molecule has 2 aromatic carbocycles. The van der Waals surface area contributed by atoms with Gasteiger partial charge in [-0.2, -0.15) is 0 Å². The van der Waals surface area contributed by atoms with Gasteiger partial charge < -0.3 is 20.1 Å². The molecule has 2 amide bonds. The molecule has 180 valence electrons. The molecule has 1 fully saturated rings. The normalized spacial score (nSPS) is 17.7. The average molecular weight is 465 g/mol. The number of benzene rings is 2. The van der Waals surface area contributed by atoms with E-state index in [1.165, 1.54) is 11.1 Å². The van der Waals surface area contributed by atoms with Crippen molar-refractivity contribution in [2.45, 2.75) is 51.0 Å². The monoisotopic (exact) mass is 464 g/mol. The van der Waals surface area contributed by atoms with Crippen molar-refractivity contribution >= 4 is 18.0 Å². The van der Waals surface area contributed by atoms with Crippen molar-refractivity contribution in [3.63, 3.8) is 0 Å². The highest BCUT2D eigenvalue weighted by Gasteiger charge is 2.34. The van der Waals surface area contributed by atoms with Crippen LogP contribution in [0, 0.1) is 5.92 Å². The van der Waals surface area contributed by atoms with E-state index in [-0.39, 0.29) is 43.4 Å². The van der Waals surface area contributed by atoms with Gasteiger partial charge in [-0.1, -0.05) is 61.9 Å². The molecule has 1 saturated heterocycles. The molecule has 0 aromatic heterocycles. The summed E-state index contributed by atoms with van der Waals surface area (Å²) in [6.07, 6.45) is 2.35. The van der Waals surface area contributed by atoms with Gasteiger partial charge in [-0.3, -0.25) is 9.59 Å². The lowest BCUT2D eigenvalue weighted by Gasteiger charge is -2.28. The van der Waals surface area contributed by atoms with E-state index in [1.807, 2.05) is 31.2 Å². The molecule has 1 aliphatic carbocycles. The van der Waals surface area contributed by atoms with Gasteiger partial charge >= 0.3 is 12.1 Å². The number of nitrogens with one attached hydrogen (secondary N) is 1. The van der Waals surface area contributed by atoms with Crippen LogP contribution in [0.3, 0.4) is 0 Å². The second-order valence-corrected chi connectivity index (χ2v) is 9.12. The molecule has 2 aliphatic rings. The van der Waals surface area contributed by atoms with Gasteiger partial charge in [0.05, 0.1) is 12.3 Å². The maximum Gasteiger partial charge on any atom is 0.407 e.